The van der Waals surface area contributed by atoms with Gasteiger partial charge >= 0.3 is 0 Å². The molecule has 0 saturated carbocycles. The lowest BCUT2D eigenvalue weighted by atomic mass is 10.1. The molecule has 0 aliphatic heterocycles. The van der Waals surface area contributed by atoms with Crippen molar-refractivity contribution in [2.24, 2.45) is 0 Å². The van der Waals surface area contributed by atoms with Crippen LogP contribution in [0.5, 0.6) is 0 Å². The standard InChI is InChI=1S/C16H16BrF2NS/c1-20-11(9-12-14(18)6-4-7-15(12)19)10-21-16-8-3-2-5-13(16)17/h2-8,11,20H,9-10H2,1H3. The third-order valence-electron chi connectivity index (χ3n) is 3.20. The Balaban J connectivity index is 2.02. The first kappa shape index (κ1) is 16.5. The fraction of sp³-hybridized carbons (Fsp3) is 0.250. The van der Waals surface area contributed by atoms with Gasteiger partial charge in [0, 0.05) is 26.7 Å². The monoisotopic (exact) mass is 371 g/mol. The van der Waals surface area contributed by atoms with Crippen LogP contribution in [0.25, 0.3) is 0 Å². The number of thioether (sulfide) groups is 1. The second-order valence-electron chi connectivity index (χ2n) is 4.63. The van der Waals surface area contributed by atoms with E-state index in [0.29, 0.717) is 6.42 Å². The van der Waals surface area contributed by atoms with Crippen molar-refractivity contribution in [3.63, 3.8) is 0 Å². The minimum atomic E-state index is -0.485. The summed E-state index contributed by atoms with van der Waals surface area (Å²) in [5, 5.41) is 3.13. The van der Waals surface area contributed by atoms with E-state index >= 15 is 0 Å². The summed E-state index contributed by atoms with van der Waals surface area (Å²) < 4.78 is 28.4. The van der Waals surface area contributed by atoms with E-state index < -0.39 is 11.6 Å². The zero-order valence-electron chi connectivity index (χ0n) is 11.6. The fourth-order valence-corrected chi connectivity index (χ4v) is 3.64. The van der Waals surface area contributed by atoms with Crippen LogP contribution in [0.4, 0.5) is 8.78 Å². The fourth-order valence-electron chi connectivity index (χ4n) is 1.97. The van der Waals surface area contributed by atoms with Crippen molar-refractivity contribution in [3.05, 3.63) is 64.1 Å². The highest BCUT2D eigenvalue weighted by molar-refractivity contribution is 9.10. The van der Waals surface area contributed by atoms with Crippen molar-refractivity contribution in [1.82, 2.24) is 5.32 Å². The van der Waals surface area contributed by atoms with Crippen molar-refractivity contribution in [1.29, 1.82) is 0 Å². The van der Waals surface area contributed by atoms with E-state index in [1.807, 2.05) is 31.3 Å². The smallest absolute Gasteiger partial charge is 0.129 e. The Labute approximate surface area is 136 Å². The molecule has 0 amide bonds. The SMILES string of the molecule is CNC(CSc1ccccc1Br)Cc1c(F)cccc1F. The second kappa shape index (κ2) is 7.92. The van der Waals surface area contributed by atoms with Crippen LogP contribution in [0, 0.1) is 11.6 Å². The van der Waals surface area contributed by atoms with Crippen molar-refractivity contribution in [2.45, 2.75) is 17.4 Å². The van der Waals surface area contributed by atoms with Gasteiger partial charge in [-0.05, 0) is 53.7 Å². The van der Waals surface area contributed by atoms with Crippen LogP contribution in [0.3, 0.4) is 0 Å². The van der Waals surface area contributed by atoms with Crippen LogP contribution < -0.4 is 5.32 Å². The van der Waals surface area contributed by atoms with Crippen LogP contribution in [-0.2, 0) is 6.42 Å². The van der Waals surface area contributed by atoms with E-state index in [4.69, 9.17) is 0 Å². The van der Waals surface area contributed by atoms with E-state index in [9.17, 15) is 8.78 Å². The highest BCUT2D eigenvalue weighted by Gasteiger charge is 2.15. The average molecular weight is 372 g/mol. The van der Waals surface area contributed by atoms with Gasteiger partial charge in [-0.3, -0.25) is 0 Å². The van der Waals surface area contributed by atoms with Gasteiger partial charge in [0.15, 0.2) is 0 Å². The molecule has 0 radical (unpaired) electrons. The molecule has 1 N–H and O–H groups in total. The van der Waals surface area contributed by atoms with Gasteiger partial charge in [-0.2, -0.15) is 0 Å². The minimum Gasteiger partial charge on any atom is -0.316 e. The van der Waals surface area contributed by atoms with E-state index in [-0.39, 0.29) is 11.6 Å². The summed E-state index contributed by atoms with van der Waals surface area (Å²) in [5.41, 5.74) is 0.143. The molecule has 1 unspecified atom stereocenters. The van der Waals surface area contributed by atoms with Gasteiger partial charge in [0.05, 0.1) is 0 Å². The highest BCUT2D eigenvalue weighted by Crippen LogP contribution is 2.28. The van der Waals surface area contributed by atoms with Crippen LogP contribution in [0.2, 0.25) is 0 Å². The van der Waals surface area contributed by atoms with Gasteiger partial charge < -0.3 is 5.32 Å². The lowest BCUT2D eigenvalue weighted by molar-refractivity contribution is 0.524. The molecular formula is C16H16BrF2NS. The Kier molecular flexibility index (Phi) is 6.21. The Hall–Kier alpha value is -0.910. The lowest BCUT2D eigenvalue weighted by Crippen LogP contribution is -2.30. The van der Waals surface area contributed by atoms with Gasteiger partial charge in [-0.15, -0.1) is 11.8 Å². The van der Waals surface area contributed by atoms with Crippen molar-refractivity contribution >= 4 is 27.7 Å². The molecule has 0 aliphatic carbocycles. The molecule has 21 heavy (non-hydrogen) atoms. The molecule has 0 bridgehead atoms. The maximum atomic E-state index is 13.7. The van der Waals surface area contributed by atoms with Crippen LogP contribution >= 0.6 is 27.7 Å². The number of hydrogen-bond acceptors (Lipinski definition) is 2. The van der Waals surface area contributed by atoms with E-state index in [1.54, 1.807) is 11.8 Å². The first-order valence-electron chi connectivity index (χ1n) is 6.59. The molecule has 2 aromatic rings. The molecule has 112 valence electrons. The van der Waals surface area contributed by atoms with Crippen molar-refractivity contribution in [2.75, 3.05) is 12.8 Å². The predicted molar refractivity (Wildman–Crippen MR) is 87.8 cm³/mol. The average Bonchev–Trinajstić information content (AvgIpc) is 2.48. The summed E-state index contributed by atoms with van der Waals surface area (Å²) >= 11 is 5.15. The van der Waals surface area contributed by atoms with Gasteiger partial charge in [-0.1, -0.05) is 18.2 Å². The maximum Gasteiger partial charge on any atom is 0.129 e. The summed E-state index contributed by atoms with van der Waals surface area (Å²) in [7, 11) is 1.81. The summed E-state index contributed by atoms with van der Waals surface area (Å²) in [6.07, 6.45) is 0.326. The molecular weight excluding hydrogens is 356 g/mol. The molecule has 2 rings (SSSR count). The third kappa shape index (κ3) is 4.53. The van der Waals surface area contributed by atoms with Crippen LogP contribution in [0.15, 0.2) is 51.8 Å². The number of rotatable bonds is 6. The summed E-state index contributed by atoms with van der Waals surface area (Å²) in [5.74, 6) is -0.241. The second-order valence-corrected chi connectivity index (χ2v) is 6.55. The molecule has 5 heteroatoms. The molecule has 1 nitrogen and oxygen atoms in total. The Morgan fingerprint density at radius 1 is 1.10 bits per heavy atom. The molecule has 0 heterocycles. The van der Waals surface area contributed by atoms with Gasteiger partial charge in [0.2, 0.25) is 0 Å². The molecule has 0 spiro atoms. The first-order chi connectivity index (χ1) is 10.1. The molecule has 0 aliphatic rings. The summed E-state index contributed by atoms with van der Waals surface area (Å²) in [6, 6.07) is 11.9. The molecule has 0 saturated heterocycles. The Morgan fingerprint density at radius 2 is 1.76 bits per heavy atom. The number of nitrogens with one attached hydrogen (secondary N) is 1. The number of benzene rings is 2. The quantitative estimate of drug-likeness (QED) is 0.741. The summed E-state index contributed by atoms with van der Waals surface area (Å²) in [6.45, 7) is 0. The Morgan fingerprint density at radius 3 is 2.38 bits per heavy atom. The molecule has 0 fully saturated rings. The topological polar surface area (TPSA) is 12.0 Å². The van der Waals surface area contributed by atoms with Gasteiger partial charge in [0.25, 0.3) is 0 Å². The highest BCUT2D eigenvalue weighted by atomic mass is 79.9. The predicted octanol–water partition coefficient (Wildman–Crippen LogP) is 4.65. The zero-order valence-corrected chi connectivity index (χ0v) is 14.0. The maximum absolute atomic E-state index is 13.7. The van der Waals surface area contributed by atoms with E-state index in [0.717, 1.165) is 15.1 Å². The number of hydrogen-bond donors (Lipinski definition) is 1. The first-order valence-corrected chi connectivity index (χ1v) is 8.37. The van der Waals surface area contributed by atoms with Crippen molar-refractivity contribution in [3.8, 4) is 0 Å². The molecule has 2 aromatic carbocycles. The van der Waals surface area contributed by atoms with Gasteiger partial charge in [-0.25, -0.2) is 8.78 Å². The number of likely N-dealkylation sites (N-methyl/N-ethyl adjacent to an activating group) is 1. The minimum absolute atomic E-state index is 0.00601. The largest absolute Gasteiger partial charge is 0.316 e. The van der Waals surface area contributed by atoms with Crippen LogP contribution in [-0.4, -0.2) is 18.8 Å². The van der Waals surface area contributed by atoms with Crippen molar-refractivity contribution < 1.29 is 8.78 Å². The normalized spacial score (nSPS) is 12.4. The van der Waals surface area contributed by atoms with Gasteiger partial charge in [0.1, 0.15) is 11.6 Å². The Bertz CT molecular complexity index is 586. The third-order valence-corrected chi connectivity index (χ3v) is 5.39. The lowest BCUT2D eigenvalue weighted by Gasteiger charge is -2.17. The molecule has 0 aromatic heterocycles. The zero-order chi connectivity index (χ0) is 15.2. The van der Waals surface area contributed by atoms with E-state index in [2.05, 4.69) is 21.2 Å². The summed E-state index contributed by atoms with van der Waals surface area (Å²) in [4.78, 5) is 1.12. The van der Waals surface area contributed by atoms with E-state index in [1.165, 1.54) is 18.2 Å². The van der Waals surface area contributed by atoms with Crippen LogP contribution in [0.1, 0.15) is 5.56 Å². The molecule has 1 atom stereocenters. The number of halogens is 3.